The molecule has 19 heavy (non-hydrogen) atoms. The molecule has 1 saturated heterocycles. The van der Waals surface area contributed by atoms with Crippen LogP contribution in [0.3, 0.4) is 0 Å². The zero-order valence-electron chi connectivity index (χ0n) is 10.7. The highest BCUT2D eigenvalue weighted by molar-refractivity contribution is 7.87. The van der Waals surface area contributed by atoms with Crippen LogP contribution in [-0.4, -0.2) is 39.0 Å². The Morgan fingerprint density at radius 2 is 2.21 bits per heavy atom. The average molecular weight is 288 g/mol. The summed E-state index contributed by atoms with van der Waals surface area (Å²) in [5.74, 6) is -0.379. The smallest absolute Gasteiger partial charge is 0.279 e. The molecule has 1 N–H and O–H groups in total. The van der Waals surface area contributed by atoms with E-state index in [2.05, 4.69) is 4.72 Å². The number of benzene rings is 1. The van der Waals surface area contributed by atoms with Gasteiger partial charge in [-0.1, -0.05) is 25.1 Å². The van der Waals surface area contributed by atoms with Crippen molar-refractivity contribution in [2.75, 3.05) is 26.2 Å². The summed E-state index contributed by atoms with van der Waals surface area (Å²) in [4.78, 5) is 0. The molecule has 1 fully saturated rings. The molecule has 1 aromatic rings. The molecule has 1 aliphatic rings. The van der Waals surface area contributed by atoms with Gasteiger partial charge in [0.2, 0.25) is 0 Å². The van der Waals surface area contributed by atoms with Crippen LogP contribution in [-0.2, 0) is 14.9 Å². The molecule has 1 aromatic carbocycles. The summed E-state index contributed by atoms with van der Waals surface area (Å²) in [6.45, 7) is 2.69. The van der Waals surface area contributed by atoms with Crippen molar-refractivity contribution in [2.24, 2.45) is 0 Å². The lowest BCUT2D eigenvalue weighted by Gasteiger charge is -2.32. The van der Waals surface area contributed by atoms with Gasteiger partial charge in [0.25, 0.3) is 10.2 Å². The molecule has 0 aliphatic carbocycles. The Labute approximate surface area is 112 Å². The molecular formula is C12H17FN2O3S. The van der Waals surface area contributed by atoms with Gasteiger partial charge in [0, 0.05) is 25.2 Å². The summed E-state index contributed by atoms with van der Waals surface area (Å²) in [7, 11) is -3.51. The second-order valence-electron chi connectivity index (χ2n) is 4.24. The fraction of sp³-hybridized carbons (Fsp3) is 0.500. The zero-order valence-corrected chi connectivity index (χ0v) is 11.5. The maximum atomic E-state index is 13.7. The lowest BCUT2D eigenvalue weighted by Crippen LogP contribution is -2.47. The van der Waals surface area contributed by atoms with Gasteiger partial charge in [-0.15, -0.1) is 0 Å². The quantitative estimate of drug-likeness (QED) is 0.901. The monoisotopic (exact) mass is 288 g/mol. The molecule has 0 aromatic heterocycles. The number of nitrogens with zero attached hydrogens (tertiary/aromatic N) is 1. The van der Waals surface area contributed by atoms with Gasteiger partial charge in [0.15, 0.2) is 0 Å². The Balaban J connectivity index is 2.16. The number of hydrogen-bond acceptors (Lipinski definition) is 3. The summed E-state index contributed by atoms with van der Waals surface area (Å²) in [6, 6.07) is 6.26. The highest BCUT2D eigenvalue weighted by atomic mass is 32.2. The molecular weight excluding hydrogens is 271 g/mol. The average Bonchev–Trinajstić information content (AvgIpc) is 2.39. The highest BCUT2D eigenvalue weighted by Gasteiger charge is 2.30. The number of halogens is 1. The van der Waals surface area contributed by atoms with Crippen molar-refractivity contribution in [3.05, 3.63) is 35.6 Å². The number of ether oxygens (including phenoxy) is 1. The van der Waals surface area contributed by atoms with Gasteiger partial charge in [-0.2, -0.15) is 12.7 Å². The van der Waals surface area contributed by atoms with E-state index in [1.54, 1.807) is 25.1 Å². The Kier molecular flexibility index (Phi) is 4.51. The second-order valence-corrected chi connectivity index (χ2v) is 6.00. The Bertz CT molecular complexity index is 536. The summed E-state index contributed by atoms with van der Waals surface area (Å²) in [5.41, 5.74) is 0.388. The van der Waals surface area contributed by atoms with Crippen LogP contribution >= 0.6 is 0 Å². The standard InChI is InChI=1S/C12H17FN2O3S/c1-2-14-19(16,17)15-7-8-18-12(9-15)10-5-3-4-6-11(10)13/h3-6,12,14H,2,7-9H2,1H3. The van der Waals surface area contributed by atoms with E-state index in [1.165, 1.54) is 10.4 Å². The third-order valence-corrected chi connectivity index (χ3v) is 4.61. The van der Waals surface area contributed by atoms with Gasteiger partial charge in [0.05, 0.1) is 12.7 Å². The Morgan fingerprint density at radius 3 is 2.89 bits per heavy atom. The van der Waals surface area contributed by atoms with Crippen LogP contribution in [0.15, 0.2) is 24.3 Å². The summed E-state index contributed by atoms with van der Waals surface area (Å²) >= 11 is 0. The summed E-state index contributed by atoms with van der Waals surface area (Å²) < 4.78 is 46.7. The molecule has 1 unspecified atom stereocenters. The van der Waals surface area contributed by atoms with Crippen molar-refractivity contribution in [3.8, 4) is 0 Å². The van der Waals surface area contributed by atoms with E-state index in [9.17, 15) is 12.8 Å². The topological polar surface area (TPSA) is 58.6 Å². The molecule has 5 nitrogen and oxygen atoms in total. The molecule has 7 heteroatoms. The molecule has 1 heterocycles. The molecule has 2 rings (SSSR count). The molecule has 0 bridgehead atoms. The molecule has 0 saturated carbocycles. The Morgan fingerprint density at radius 1 is 1.47 bits per heavy atom. The predicted molar refractivity (Wildman–Crippen MR) is 69.3 cm³/mol. The van der Waals surface area contributed by atoms with E-state index >= 15 is 0 Å². The van der Waals surface area contributed by atoms with E-state index < -0.39 is 16.3 Å². The van der Waals surface area contributed by atoms with E-state index in [4.69, 9.17) is 4.74 Å². The Hall–Kier alpha value is -1.02. The lowest BCUT2D eigenvalue weighted by atomic mass is 10.1. The SMILES string of the molecule is CCNS(=O)(=O)N1CCOC(c2ccccc2F)C1. The van der Waals surface area contributed by atoms with Gasteiger partial charge in [-0.25, -0.2) is 9.11 Å². The van der Waals surface area contributed by atoms with Gasteiger partial charge in [-0.3, -0.25) is 0 Å². The van der Waals surface area contributed by atoms with Crippen molar-refractivity contribution in [3.63, 3.8) is 0 Å². The van der Waals surface area contributed by atoms with Crippen LogP contribution in [0.1, 0.15) is 18.6 Å². The maximum Gasteiger partial charge on any atom is 0.279 e. The first-order valence-electron chi connectivity index (χ1n) is 6.15. The molecule has 0 spiro atoms. The van der Waals surface area contributed by atoms with Crippen molar-refractivity contribution in [1.82, 2.24) is 9.03 Å². The third kappa shape index (κ3) is 3.30. The number of hydrogen-bond donors (Lipinski definition) is 1. The van der Waals surface area contributed by atoms with Crippen molar-refractivity contribution >= 4 is 10.2 Å². The van der Waals surface area contributed by atoms with Crippen molar-refractivity contribution < 1.29 is 17.5 Å². The summed E-state index contributed by atoms with van der Waals surface area (Å²) in [6.07, 6.45) is -0.566. The molecule has 0 amide bonds. The fourth-order valence-corrected chi connectivity index (χ4v) is 3.24. The molecule has 1 aliphatic heterocycles. The third-order valence-electron chi connectivity index (χ3n) is 2.95. The van der Waals surface area contributed by atoms with Gasteiger partial charge in [-0.05, 0) is 6.07 Å². The predicted octanol–water partition coefficient (Wildman–Crippen LogP) is 1.05. The number of morpholine rings is 1. The first-order valence-corrected chi connectivity index (χ1v) is 7.59. The van der Waals surface area contributed by atoms with E-state index in [0.29, 0.717) is 12.1 Å². The minimum atomic E-state index is -3.51. The maximum absolute atomic E-state index is 13.7. The van der Waals surface area contributed by atoms with Crippen molar-refractivity contribution in [1.29, 1.82) is 0 Å². The highest BCUT2D eigenvalue weighted by Crippen LogP contribution is 2.25. The molecule has 106 valence electrons. The van der Waals surface area contributed by atoms with E-state index in [0.717, 1.165) is 0 Å². The lowest BCUT2D eigenvalue weighted by molar-refractivity contribution is -0.00477. The van der Waals surface area contributed by atoms with Crippen LogP contribution in [0.5, 0.6) is 0 Å². The first kappa shape index (κ1) is 14.4. The second kappa shape index (κ2) is 5.96. The van der Waals surface area contributed by atoms with Crippen LogP contribution in [0.2, 0.25) is 0 Å². The summed E-state index contributed by atoms with van der Waals surface area (Å²) in [5, 5.41) is 0. The fourth-order valence-electron chi connectivity index (χ4n) is 2.04. The van der Waals surface area contributed by atoms with Crippen LogP contribution in [0.4, 0.5) is 4.39 Å². The van der Waals surface area contributed by atoms with Gasteiger partial charge >= 0.3 is 0 Å². The van der Waals surface area contributed by atoms with Gasteiger partial charge < -0.3 is 4.74 Å². The van der Waals surface area contributed by atoms with Crippen LogP contribution < -0.4 is 4.72 Å². The van der Waals surface area contributed by atoms with Crippen molar-refractivity contribution in [2.45, 2.75) is 13.0 Å². The van der Waals surface area contributed by atoms with E-state index in [1.807, 2.05) is 0 Å². The van der Waals surface area contributed by atoms with Gasteiger partial charge in [0.1, 0.15) is 5.82 Å². The minimum absolute atomic E-state index is 0.121. The zero-order chi connectivity index (χ0) is 13.9. The molecule has 1 atom stereocenters. The van der Waals surface area contributed by atoms with E-state index in [-0.39, 0.29) is 25.5 Å². The minimum Gasteiger partial charge on any atom is -0.371 e. The number of rotatable bonds is 4. The normalized spacial score (nSPS) is 21.5. The largest absolute Gasteiger partial charge is 0.371 e. The van der Waals surface area contributed by atoms with Crippen LogP contribution in [0.25, 0.3) is 0 Å². The van der Waals surface area contributed by atoms with Crippen LogP contribution in [0, 0.1) is 5.82 Å². The molecule has 0 radical (unpaired) electrons. The number of nitrogens with one attached hydrogen (secondary N) is 1. The first-order chi connectivity index (χ1) is 9.04.